The number of hydrogen-bond donors (Lipinski definition) is 2. The van der Waals surface area contributed by atoms with Crippen LogP contribution in [0.1, 0.15) is 22.3 Å². The van der Waals surface area contributed by atoms with Gasteiger partial charge in [0, 0.05) is 22.8 Å². The van der Waals surface area contributed by atoms with E-state index in [1.807, 2.05) is 31.2 Å². The first-order valence-corrected chi connectivity index (χ1v) is 11.0. The van der Waals surface area contributed by atoms with E-state index in [0.29, 0.717) is 11.2 Å². The summed E-state index contributed by atoms with van der Waals surface area (Å²) in [5.74, 6) is -1.93. The molecule has 0 aliphatic carbocycles. The van der Waals surface area contributed by atoms with Crippen LogP contribution in [0.4, 0.5) is 0 Å². The molecule has 158 valence electrons. The van der Waals surface area contributed by atoms with Gasteiger partial charge in [-0.05, 0) is 43.3 Å². The Balaban J connectivity index is 1.59. The highest BCUT2D eigenvalue weighted by Gasteiger charge is 2.28. The van der Waals surface area contributed by atoms with Crippen molar-refractivity contribution in [2.24, 2.45) is 0 Å². The van der Waals surface area contributed by atoms with Crippen LogP contribution in [0.2, 0.25) is 0 Å². The molecular formula is C23H19NO6S. The van der Waals surface area contributed by atoms with Gasteiger partial charge in [0.2, 0.25) is 10.0 Å². The van der Waals surface area contributed by atoms with E-state index >= 15 is 0 Å². The quantitative estimate of drug-likeness (QED) is 0.424. The predicted molar refractivity (Wildman–Crippen MR) is 116 cm³/mol. The van der Waals surface area contributed by atoms with Gasteiger partial charge in [0.15, 0.2) is 5.78 Å². The lowest BCUT2D eigenvalue weighted by molar-refractivity contribution is -0.138. The molecule has 0 aliphatic rings. The fraction of sp³-hybridized carbons (Fsp3) is 0.130. The second kappa shape index (κ2) is 7.98. The minimum Gasteiger partial charge on any atom is -0.480 e. The minimum atomic E-state index is -4.10. The molecule has 1 aromatic heterocycles. The Morgan fingerprint density at radius 1 is 0.968 bits per heavy atom. The Kier molecular flexibility index (Phi) is 5.34. The molecule has 0 unspecified atom stereocenters. The van der Waals surface area contributed by atoms with E-state index in [1.54, 1.807) is 30.3 Å². The fourth-order valence-corrected chi connectivity index (χ4v) is 4.54. The molecule has 31 heavy (non-hydrogen) atoms. The Morgan fingerprint density at radius 2 is 1.65 bits per heavy atom. The predicted octanol–water partition coefficient (Wildman–Crippen LogP) is 3.90. The molecule has 1 heterocycles. The van der Waals surface area contributed by atoms with E-state index in [-0.39, 0.29) is 10.5 Å². The molecule has 0 bridgehead atoms. The Morgan fingerprint density at radius 3 is 2.35 bits per heavy atom. The number of benzene rings is 3. The maximum Gasteiger partial charge on any atom is 0.322 e. The summed E-state index contributed by atoms with van der Waals surface area (Å²) in [6.07, 6.45) is -0.526. The van der Waals surface area contributed by atoms with Crippen LogP contribution in [-0.4, -0.2) is 31.3 Å². The topological polar surface area (TPSA) is 114 Å². The molecule has 4 rings (SSSR count). The second-order valence-corrected chi connectivity index (χ2v) is 8.98. The number of sulfonamides is 1. The molecule has 0 aliphatic heterocycles. The number of carboxylic acid groups (broad SMARTS) is 1. The SMILES string of the molecule is Cc1ccc(S(=O)(=O)N[C@@H](CC(=O)c2ccc3oc4ccccc4c3c2)C(=O)O)cc1. The second-order valence-electron chi connectivity index (χ2n) is 7.26. The molecule has 0 amide bonds. The highest BCUT2D eigenvalue weighted by molar-refractivity contribution is 7.89. The number of aryl methyl sites for hydroxylation is 1. The van der Waals surface area contributed by atoms with Crippen LogP contribution >= 0.6 is 0 Å². The number of ketones is 1. The van der Waals surface area contributed by atoms with Crippen molar-refractivity contribution in [3.8, 4) is 0 Å². The van der Waals surface area contributed by atoms with Gasteiger partial charge in [-0.1, -0.05) is 35.9 Å². The molecule has 0 spiro atoms. The molecule has 3 aromatic carbocycles. The summed E-state index contributed by atoms with van der Waals surface area (Å²) in [7, 11) is -4.10. The number of hydrogen-bond acceptors (Lipinski definition) is 5. The third-order valence-corrected chi connectivity index (χ3v) is 6.50. The van der Waals surface area contributed by atoms with Gasteiger partial charge in [0.25, 0.3) is 0 Å². The van der Waals surface area contributed by atoms with Gasteiger partial charge in [-0.2, -0.15) is 4.72 Å². The van der Waals surface area contributed by atoms with Crippen LogP contribution in [0.25, 0.3) is 21.9 Å². The zero-order chi connectivity index (χ0) is 22.2. The van der Waals surface area contributed by atoms with Crippen molar-refractivity contribution < 1.29 is 27.5 Å². The summed E-state index contributed by atoms with van der Waals surface area (Å²) < 4.78 is 33.0. The van der Waals surface area contributed by atoms with Gasteiger partial charge in [-0.15, -0.1) is 0 Å². The lowest BCUT2D eigenvalue weighted by atomic mass is 10.0. The van der Waals surface area contributed by atoms with Gasteiger partial charge in [0.05, 0.1) is 4.90 Å². The number of carbonyl (C=O) groups is 2. The summed E-state index contributed by atoms with van der Waals surface area (Å²) >= 11 is 0. The first-order chi connectivity index (χ1) is 14.7. The molecule has 0 radical (unpaired) electrons. The van der Waals surface area contributed by atoms with Crippen molar-refractivity contribution in [2.75, 3.05) is 0 Å². The van der Waals surface area contributed by atoms with Crippen molar-refractivity contribution in [3.05, 3.63) is 77.9 Å². The molecule has 0 fully saturated rings. The Labute approximate surface area is 178 Å². The number of Topliss-reactive ketones (excluding diaryl/α,β-unsaturated/α-hetero) is 1. The monoisotopic (exact) mass is 437 g/mol. The van der Waals surface area contributed by atoms with Crippen LogP contribution in [0, 0.1) is 6.92 Å². The van der Waals surface area contributed by atoms with E-state index in [0.717, 1.165) is 16.3 Å². The summed E-state index contributed by atoms with van der Waals surface area (Å²) in [6.45, 7) is 1.81. The van der Waals surface area contributed by atoms with Gasteiger partial charge in [-0.3, -0.25) is 9.59 Å². The lowest BCUT2D eigenvalue weighted by Crippen LogP contribution is -2.42. The van der Waals surface area contributed by atoms with Gasteiger partial charge in [0.1, 0.15) is 17.2 Å². The van der Waals surface area contributed by atoms with Crippen LogP contribution in [0.5, 0.6) is 0 Å². The molecule has 2 N–H and O–H groups in total. The van der Waals surface area contributed by atoms with Crippen molar-refractivity contribution in [1.82, 2.24) is 4.72 Å². The van der Waals surface area contributed by atoms with E-state index < -0.39 is 34.2 Å². The zero-order valence-corrected chi connectivity index (χ0v) is 17.3. The number of aliphatic carboxylic acids is 1. The largest absolute Gasteiger partial charge is 0.480 e. The van der Waals surface area contributed by atoms with Crippen molar-refractivity contribution in [3.63, 3.8) is 0 Å². The number of fused-ring (bicyclic) bond motifs is 3. The molecule has 1 atom stereocenters. The first kappa shape index (κ1) is 20.8. The normalized spacial score (nSPS) is 12.8. The zero-order valence-electron chi connectivity index (χ0n) is 16.5. The van der Waals surface area contributed by atoms with E-state index in [4.69, 9.17) is 4.42 Å². The van der Waals surface area contributed by atoms with Crippen LogP contribution < -0.4 is 4.72 Å². The molecular weight excluding hydrogens is 418 g/mol. The van der Waals surface area contributed by atoms with Crippen molar-refractivity contribution >= 4 is 43.7 Å². The number of rotatable bonds is 7. The average Bonchev–Trinajstić information content (AvgIpc) is 3.11. The van der Waals surface area contributed by atoms with Gasteiger partial charge < -0.3 is 9.52 Å². The third kappa shape index (κ3) is 4.21. The van der Waals surface area contributed by atoms with E-state index in [1.165, 1.54) is 12.1 Å². The van der Waals surface area contributed by atoms with Crippen molar-refractivity contribution in [1.29, 1.82) is 0 Å². The van der Waals surface area contributed by atoms with Gasteiger partial charge >= 0.3 is 5.97 Å². The Hall–Kier alpha value is -3.49. The highest BCUT2D eigenvalue weighted by Crippen LogP contribution is 2.29. The minimum absolute atomic E-state index is 0.0666. The van der Waals surface area contributed by atoms with Crippen molar-refractivity contribution in [2.45, 2.75) is 24.3 Å². The first-order valence-electron chi connectivity index (χ1n) is 9.51. The maximum absolute atomic E-state index is 12.8. The molecule has 4 aromatic rings. The summed E-state index contributed by atoms with van der Waals surface area (Å²) in [5.41, 5.74) is 2.43. The van der Waals surface area contributed by atoms with E-state index in [9.17, 15) is 23.1 Å². The fourth-order valence-electron chi connectivity index (χ4n) is 3.35. The number of furan rings is 1. The van der Waals surface area contributed by atoms with Crippen LogP contribution in [0.3, 0.4) is 0 Å². The Bertz CT molecular complexity index is 1400. The third-order valence-electron chi connectivity index (χ3n) is 5.01. The average molecular weight is 437 g/mol. The molecule has 7 nitrogen and oxygen atoms in total. The molecule has 0 saturated heterocycles. The summed E-state index contributed by atoms with van der Waals surface area (Å²) in [4.78, 5) is 24.4. The number of nitrogens with one attached hydrogen (secondary N) is 1. The van der Waals surface area contributed by atoms with Crippen LogP contribution in [0.15, 0.2) is 76.0 Å². The molecule has 0 saturated carbocycles. The van der Waals surface area contributed by atoms with E-state index in [2.05, 4.69) is 4.72 Å². The summed E-state index contributed by atoms with van der Waals surface area (Å²) in [5, 5.41) is 11.1. The molecule has 8 heteroatoms. The lowest BCUT2D eigenvalue weighted by Gasteiger charge is -2.14. The number of para-hydroxylation sites is 1. The smallest absolute Gasteiger partial charge is 0.322 e. The number of carboxylic acids is 1. The standard InChI is InChI=1S/C23H19NO6S/c1-14-6-9-16(10-7-14)31(28,29)24-19(23(26)27)13-20(25)15-8-11-22-18(12-15)17-4-2-3-5-21(17)30-22/h2-12,19,24H,13H2,1H3,(H,26,27)/t19-/m0/s1. The maximum atomic E-state index is 12.8. The number of carbonyl (C=O) groups excluding carboxylic acids is 1. The van der Waals surface area contributed by atoms with Gasteiger partial charge in [-0.25, -0.2) is 8.42 Å². The summed E-state index contributed by atoms with van der Waals surface area (Å²) in [6, 6.07) is 16.6. The highest BCUT2D eigenvalue weighted by atomic mass is 32.2. The van der Waals surface area contributed by atoms with Crippen LogP contribution in [-0.2, 0) is 14.8 Å².